The Labute approximate surface area is 204 Å². The lowest BCUT2D eigenvalue weighted by Crippen LogP contribution is -2.30. The molecule has 0 aliphatic carbocycles. The number of hydrogen-bond acceptors (Lipinski definition) is 4. The molecule has 0 unspecified atom stereocenters. The molecule has 0 radical (unpaired) electrons. The number of ketones is 1. The number of methoxy groups -OCH3 is 1. The molecule has 5 nitrogen and oxygen atoms in total. The van der Waals surface area contributed by atoms with Crippen LogP contribution in [0.3, 0.4) is 0 Å². The molecule has 0 saturated heterocycles. The lowest BCUT2D eigenvalue weighted by Gasteiger charge is -2.29. The first kappa shape index (κ1) is 23.7. The van der Waals surface area contributed by atoms with Crippen molar-refractivity contribution in [3.63, 3.8) is 0 Å². The molecule has 0 spiro atoms. The quantitative estimate of drug-likeness (QED) is 0.448. The molecule has 0 fully saturated rings. The summed E-state index contributed by atoms with van der Waals surface area (Å²) in [6.45, 7) is 4.48. The van der Waals surface area contributed by atoms with E-state index in [1.165, 1.54) is 0 Å². The molecule has 1 aliphatic heterocycles. The molecule has 34 heavy (non-hydrogen) atoms. The van der Waals surface area contributed by atoms with E-state index < -0.39 is 0 Å². The Morgan fingerprint density at radius 2 is 1.79 bits per heavy atom. The second-order valence-corrected chi connectivity index (χ2v) is 9.50. The van der Waals surface area contributed by atoms with Gasteiger partial charge in [0.1, 0.15) is 5.75 Å². The molecule has 174 valence electrons. The fraction of sp³-hybridized carbons (Fsp3) is 0.250. The first-order chi connectivity index (χ1) is 16.2. The predicted molar refractivity (Wildman–Crippen MR) is 135 cm³/mol. The standard InChI is InChI=1S/C28H27ClN2O3/c1-28(2)16-21-10-11-23(34-3)14-24(21)25(31-28)15-26(32)19-7-5-8-20(13-19)27(33)30-17-18-6-4-9-22(29)12-18/h4-14H,15-17H2,1-3H3,(H,30,33). The van der Waals surface area contributed by atoms with Crippen molar-refractivity contribution >= 4 is 29.0 Å². The summed E-state index contributed by atoms with van der Waals surface area (Å²) in [7, 11) is 1.62. The van der Waals surface area contributed by atoms with Crippen LogP contribution in [0.15, 0.2) is 71.7 Å². The Balaban J connectivity index is 1.51. The third-order valence-electron chi connectivity index (χ3n) is 5.81. The molecule has 0 saturated carbocycles. The number of halogens is 1. The number of carbonyl (C=O) groups excluding carboxylic acids is 2. The molecule has 3 aromatic rings. The molecule has 1 N–H and O–H groups in total. The van der Waals surface area contributed by atoms with E-state index in [2.05, 4.69) is 19.2 Å². The zero-order valence-electron chi connectivity index (χ0n) is 19.5. The highest BCUT2D eigenvalue weighted by Crippen LogP contribution is 2.31. The maximum Gasteiger partial charge on any atom is 0.251 e. The van der Waals surface area contributed by atoms with Crippen LogP contribution in [0.1, 0.15) is 57.7 Å². The van der Waals surface area contributed by atoms with E-state index in [0.29, 0.717) is 22.7 Å². The van der Waals surface area contributed by atoms with E-state index in [4.69, 9.17) is 21.3 Å². The number of amides is 1. The van der Waals surface area contributed by atoms with Gasteiger partial charge >= 0.3 is 0 Å². The molecule has 6 heteroatoms. The Morgan fingerprint density at radius 3 is 2.56 bits per heavy atom. The maximum atomic E-state index is 13.2. The fourth-order valence-corrected chi connectivity index (χ4v) is 4.40. The van der Waals surface area contributed by atoms with Gasteiger partial charge in [-0.25, -0.2) is 0 Å². The number of rotatable bonds is 7. The van der Waals surface area contributed by atoms with Gasteiger partial charge in [0.05, 0.1) is 24.8 Å². The van der Waals surface area contributed by atoms with Crippen LogP contribution in [-0.4, -0.2) is 30.1 Å². The Hall–Kier alpha value is -3.44. The van der Waals surface area contributed by atoms with Gasteiger partial charge in [-0.3, -0.25) is 14.6 Å². The van der Waals surface area contributed by atoms with E-state index >= 15 is 0 Å². The molecular formula is C28H27ClN2O3. The smallest absolute Gasteiger partial charge is 0.251 e. The average molecular weight is 475 g/mol. The van der Waals surface area contributed by atoms with E-state index in [0.717, 1.165) is 34.6 Å². The van der Waals surface area contributed by atoms with Crippen molar-refractivity contribution in [1.82, 2.24) is 5.32 Å². The summed E-state index contributed by atoms with van der Waals surface area (Å²) in [5.74, 6) is 0.396. The molecule has 1 amide bonds. The first-order valence-corrected chi connectivity index (χ1v) is 11.5. The van der Waals surface area contributed by atoms with Crippen LogP contribution in [0.5, 0.6) is 5.75 Å². The highest BCUT2D eigenvalue weighted by atomic mass is 35.5. The van der Waals surface area contributed by atoms with Crippen molar-refractivity contribution < 1.29 is 14.3 Å². The largest absolute Gasteiger partial charge is 0.497 e. The zero-order valence-corrected chi connectivity index (χ0v) is 20.3. The van der Waals surface area contributed by atoms with Crippen LogP contribution in [0.25, 0.3) is 0 Å². The number of ether oxygens (including phenoxy) is 1. The SMILES string of the molecule is COc1ccc2c(c1)C(CC(=O)c1cccc(C(=O)NCc3cccc(Cl)c3)c1)=NC(C)(C)C2. The summed E-state index contributed by atoms with van der Waals surface area (Å²) in [6.07, 6.45) is 0.948. The summed E-state index contributed by atoms with van der Waals surface area (Å²) < 4.78 is 5.38. The maximum absolute atomic E-state index is 13.2. The highest BCUT2D eigenvalue weighted by Gasteiger charge is 2.28. The summed E-state index contributed by atoms with van der Waals surface area (Å²) in [6, 6.07) is 20.0. The Morgan fingerprint density at radius 1 is 1.03 bits per heavy atom. The molecule has 0 atom stereocenters. The van der Waals surface area contributed by atoms with Gasteiger partial charge < -0.3 is 10.1 Å². The number of hydrogen-bond donors (Lipinski definition) is 1. The van der Waals surface area contributed by atoms with Crippen LogP contribution in [0.4, 0.5) is 0 Å². The van der Waals surface area contributed by atoms with E-state index in [1.807, 2.05) is 30.3 Å². The third-order valence-corrected chi connectivity index (χ3v) is 6.04. The van der Waals surface area contributed by atoms with Crippen molar-refractivity contribution in [1.29, 1.82) is 0 Å². The second kappa shape index (κ2) is 9.82. The summed E-state index contributed by atoms with van der Waals surface area (Å²) in [5, 5.41) is 3.50. The van der Waals surface area contributed by atoms with Crippen molar-refractivity contribution in [3.8, 4) is 5.75 Å². The number of fused-ring (bicyclic) bond motifs is 1. The van der Waals surface area contributed by atoms with Crippen LogP contribution in [0, 0.1) is 0 Å². The highest BCUT2D eigenvalue weighted by molar-refractivity contribution is 6.30. The van der Waals surface area contributed by atoms with Gasteiger partial charge in [-0.1, -0.05) is 41.9 Å². The third kappa shape index (κ3) is 5.54. The molecule has 1 aliphatic rings. The number of benzene rings is 3. The first-order valence-electron chi connectivity index (χ1n) is 11.2. The van der Waals surface area contributed by atoms with E-state index in [9.17, 15) is 9.59 Å². The molecule has 1 heterocycles. The number of nitrogens with one attached hydrogen (secondary N) is 1. The van der Waals surface area contributed by atoms with E-state index in [-0.39, 0.29) is 23.7 Å². The van der Waals surface area contributed by atoms with E-state index in [1.54, 1.807) is 43.5 Å². The van der Waals surface area contributed by atoms with Crippen LogP contribution in [0.2, 0.25) is 5.02 Å². The predicted octanol–water partition coefficient (Wildman–Crippen LogP) is 5.68. The lowest BCUT2D eigenvalue weighted by molar-refractivity contribution is 0.0951. The van der Waals surface area contributed by atoms with Crippen LogP contribution < -0.4 is 10.1 Å². The normalized spacial score (nSPS) is 14.1. The van der Waals surface area contributed by atoms with Gasteiger partial charge in [0, 0.05) is 28.3 Å². The number of nitrogens with zero attached hydrogens (tertiary/aromatic N) is 1. The summed E-state index contributed by atoms with van der Waals surface area (Å²) in [5.41, 5.74) is 4.36. The van der Waals surface area contributed by atoms with Gasteiger partial charge in [0.2, 0.25) is 0 Å². The van der Waals surface area contributed by atoms with Crippen LogP contribution in [-0.2, 0) is 13.0 Å². The summed E-state index contributed by atoms with van der Waals surface area (Å²) in [4.78, 5) is 30.8. The molecular weight excluding hydrogens is 448 g/mol. The van der Waals surface area contributed by atoms with Crippen molar-refractivity contribution in [2.45, 2.75) is 38.8 Å². The van der Waals surface area contributed by atoms with Gasteiger partial charge in [-0.05, 0) is 67.8 Å². The van der Waals surface area contributed by atoms with Gasteiger partial charge in [-0.15, -0.1) is 0 Å². The average Bonchev–Trinajstić information content (AvgIpc) is 2.81. The molecule has 0 aromatic heterocycles. The minimum atomic E-state index is -0.292. The number of carbonyl (C=O) groups is 2. The van der Waals surface area contributed by atoms with Gasteiger partial charge in [0.25, 0.3) is 5.91 Å². The van der Waals surface area contributed by atoms with Gasteiger partial charge in [-0.2, -0.15) is 0 Å². The molecule has 4 rings (SSSR count). The zero-order chi connectivity index (χ0) is 24.3. The Kier molecular flexibility index (Phi) is 6.85. The van der Waals surface area contributed by atoms with Crippen molar-refractivity contribution in [3.05, 3.63) is 99.6 Å². The lowest BCUT2D eigenvalue weighted by atomic mass is 9.85. The fourth-order valence-electron chi connectivity index (χ4n) is 4.19. The number of Topliss-reactive ketones (excluding diaryl/α,β-unsaturated/α-hetero) is 1. The Bertz CT molecular complexity index is 1280. The topological polar surface area (TPSA) is 67.8 Å². The summed E-state index contributed by atoms with van der Waals surface area (Å²) >= 11 is 6.01. The monoisotopic (exact) mass is 474 g/mol. The van der Waals surface area contributed by atoms with Crippen LogP contribution >= 0.6 is 11.6 Å². The van der Waals surface area contributed by atoms with Gasteiger partial charge in [0.15, 0.2) is 5.78 Å². The van der Waals surface area contributed by atoms with Crippen molar-refractivity contribution in [2.75, 3.05) is 7.11 Å². The van der Waals surface area contributed by atoms with Crippen molar-refractivity contribution in [2.24, 2.45) is 4.99 Å². The molecule has 3 aromatic carbocycles. The minimum absolute atomic E-state index is 0.0882. The number of aliphatic imine (C=N–C) groups is 1. The minimum Gasteiger partial charge on any atom is -0.497 e. The molecule has 0 bridgehead atoms. The second-order valence-electron chi connectivity index (χ2n) is 9.06.